The fourth-order valence-corrected chi connectivity index (χ4v) is 3.32. The van der Waals surface area contributed by atoms with Gasteiger partial charge in [-0.1, -0.05) is 34.1 Å². The van der Waals surface area contributed by atoms with E-state index in [0.29, 0.717) is 23.8 Å². The lowest BCUT2D eigenvalue weighted by molar-refractivity contribution is -0.132. The Hall–Kier alpha value is -0.610. The largest absolute Gasteiger partial charge is 0.324 e. The summed E-state index contributed by atoms with van der Waals surface area (Å²) in [6.45, 7) is 11.8. The van der Waals surface area contributed by atoms with Crippen LogP contribution in [0.2, 0.25) is 0 Å². The van der Waals surface area contributed by atoms with Gasteiger partial charge in [-0.15, -0.1) is 0 Å². The third-order valence-corrected chi connectivity index (χ3v) is 5.36. The second-order valence-corrected chi connectivity index (χ2v) is 7.45. The van der Waals surface area contributed by atoms with Crippen LogP contribution < -0.4 is 5.32 Å². The highest BCUT2D eigenvalue weighted by atomic mass is 16.2. The molecule has 2 fully saturated rings. The molecule has 1 aliphatic carbocycles. The van der Waals surface area contributed by atoms with E-state index < -0.39 is 0 Å². The van der Waals surface area contributed by atoms with Crippen molar-refractivity contribution in [1.29, 1.82) is 0 Å². The van der Waals surface area contributed by atoms with Crippen LogP contribution in [0.1, 0.15) is 53.9 Å². The van der Waals surface area contributed by atoms with E-state index in [-0.39, 0.29) is 12.2 Å². The summed E-state index contributed by atoms with van der Waals surface area (Å²) in [5, 5.41) is 3.59. The third kappa shape index (κ3) is 3.59. The molecule has 1 saturated heterocycles. The second-order valence-electron chi connectivity index (χ2n) is 7.45. The van der Waals surface area contributed by atoms with Crippen molar-refractivity contribution in [3.63, 3.8) is 0 Å². The molecular weight excluding hydrogens is 262 g/mol. The molecular formula is C17H33N3O. The number of amides is 1. The highest BCUT2D eigenvalue weighted by Crippen LogP contribution is 2.29. The summed E-state index contributed by atoms with van der Waals surface area (Å²) < 4.78 is 0. The molecule has 4 nitrogen and oxygen atoms in total. The molecule has 4 atom stereocenters. The Morgan fingerprint density at radius 1 is 1.29 bits per heavy atom. The zero-order valence-corrected chi connectivity index (χ0v) is 14.6. The Morgan fingerprint density at radius 2 is 1.90 bits per heavy atom. The summed E-state index contributed by atoms with van der Waals surface area (Å²) in [4.78, 5) is 17.4. The highest BCUT2D eigenvalue weighted by molar-refractivity contribution is 5.84. The number of carbonyl (C=O) groups excluding carboxylic acids is 1. The Balaban J connectivity index is 2.05. The van der Waals surface area contributed by atoms with E-state index in [0.717, 1.165) is 19.0 Å². The second kappa shape index (κ2) is 6.66. The van der Waals surface area contributed by atoms with Crippen LogP contribution in [0.15, 0.2) is 0 Å². The molecule has 4 unspecified atom stereocenters. The van der Waals surface area contributed by atoms with Crippen LogP contribution in [-0.2, 0) is 4.79 Å². The lowest BCUT2D eigenvalue weighted by atomic mass is 9.99. The summed E-state index contributed by atoms with van der Waals surface area (Å²) in [6.07, 6.45) is 3.86. The minimum atomic E-state index is 0.000770. The van der Waals surface area contributed by atoms with E-state index in [9.17, 15) is 4.79 Å². The first-order chi connectivity index (χ1) is 9.86. The summed E-state index contributed by atoms with van der Waals surface area (Å²) in [5.74, 6) is 1.15. The van der Waals surface area contributed by atoms with E-state index in [2.05, 4.69) is 56.8 Å². The molecule has 0 radical (unpaired) electrons. The fraction of sp³-hybridized carbons (Fsp3) is 0.941. The zero-order chi connectivity index (χ0) is 15.7. The molecule has 4 heteroatoms. The first-order valence-electron chi connectivity index (χ1n) is 8.65. The molecule has 1 aliphatic heterocycles. The van der Waals surface area contributed by atoms with Crippen molar-refractivity contribution >= 4 is 5.91 Å². The number of rotatable bonds is 7. The molecule has 1 heterocycles. The SMILES string of the molecule is CCC(C)C1NC(C(C)C)N(CC(C)N(C)C2CC2)C1=O. The molecule has 0 aromatic carbocycles. The molecule has 2 rings (SSSR count). The highest BCUT2D eigenvalue weighted by Gasteiger charge is 2.43. The van der Waals surface area contributed by atoms with Crippen molar-refractivity contribution in [2.45, 2.75) is 78.2 Å². The van der Waals surface area contributed by atoms with Crippen LogP contribution >= 0.6 is 0 Å². The summed E-state index contributed by atoms with van der Waals surface area (Å²) in [6, 6.07) is 1.18. The molecule has 2 aliphatic rings. The third-order valence-electron chi connectivity index (χ3n) is 5.36. The van der Waals surface area contributed by atoms with Gasteiger partial charge in [0.25, 0.3) is 0 Å². The van der Waals surface area contributed by atoms with Crippen molar-refractivity contribution < 1.29 is 4.79 Å². The average molecular weight is 295 g/mol. The molecule has 21 heavy (non-hydrogen) atoms. The molecule has 0 aromatic heterocycles. The smallest absolute Gasteiger partial charge is 0.241 e. The Morgan fingerprint density at radius 3 is 2.38 bits per heavy atom. The first kappa shape index (κ1) is 16.8. The summed E-state index contributed by atoms with van der Waals surface area (Å²) in [5.41, 5.74) is 0. The summed E-state index contributed by atoms with van der Waals surface area (Å²) >= 11 is 0. The van der Waals surface area contributed by atoms with Gasteiger partial charge >= 0.3 is 0 Å². The normalized spacial score (nSPS) is 29.5. The Bertz CT molecular complexity index is 367. The van der Waals surface area contributed by atoms with E-state index in [1.54, 1.807) is 0 Å². The standard InChI is InChI=1S/C17H33N3O/c1-7-12(4)15-17(21)20(16(18-15)11(2)3)10-13(5)19(6)14-8-9-14/h11-16,18H,7-10H2,1-6H3. The van der Waals surface area contributed by atoms with Crippen molar-refractivity contribution in [3.8, 4) is 0 Å². The Kier molecular flexibility index (Phi) is 5.31. The average Bonchev–Trinajstić information content (AvgIpc) is 3.23. The quantitative estimate of drug-likeness (QED) is 0.783. The van der Waals surface area contributed by atoms with Gasteiger partial charge in [-0.2, -0.15) is 0 Å². The van der Waals surface area contributed by atoms with Gasteiger partial charge < -0.3 is 4.90 Å². The molecule has 0 bridgehead atoms. The van der Waals surface area contributed by atoms with E-state index in [4.69, 9.17) is 0 Å². The Labute approximate surface area is 130 Å². The lowest BCUT2D eigenvalue weighted by Crippen LogP contribution is -2.48. The van der Waals surface area contributed by atoms with Gasteiger partial charge in [0.2, 0.25) is 5.91 Å². The predicted octanol–water partition coefficient (Wildman–Crippen LogP) is 2.30. The number of nitrogens with one attached hydrogen (secondary N) is 1. The maximum absolute atomic E-state index is 12.8. The predicted molar refractivity (Wildman–Crippen MR) is 87.0 cm³/mol. The minimum Gasteiger partial charge on any atom is -0.324 e. The topological polar surface area (TPSA) is 35.6 Å². The van der Waals surface area contributed by atoms with Crippen LogP contribution in [-0.4, -0.2) is 53.6 Å². The number of carbonyl (C=O) groups is 1. The van der Waals surface area contributed by atoms with Gasteiger partial charge in [0.05, 0.1) is 12.2 Å². The number of hydrogen-bond acceptors (Lipinski definition) is 3. The maximum atomic E-state index is 12.8. The van der Waals surface area contributed by atoms with Gasteiger partial charge in [0.15, 0.2) is 0 Å². The minimum absolute atomic E-state index is 0.000770. The van der Waals surface area contributed by atoms with Crippen molar-refractivity contribution in [2.75, 3.05) is 13.6 Å². The molecule has 0 aromatic rings. The zero-order valence-electron chi connectivity index (χ0n) is 14.6. The number of nitrogens with zero attached hydrogens (tertiary/aromatic N) is 2. The van der Waals surface area contributed by atoms with Gasteiger partial charge in [0, 0.05) is 18.6 Å². The van der Waals surface area contributed by atoms with Crippen LogP contribution in [0.3, 0.4) is 0 Å². The molecule has 1 N–H and O–H groups in total. The number of hydrogen-bond donors (Lipinski definition) is 1. The molecule has 1 saturated carbocycles. The van der Waals surface area contributed by atoms with Crippen LogP contribution in [0.5, 0.6) is 0 Å². The molecule has 0 spiro atoms. The molecule has 1 amide bonds. The monoisotopic (exact) mass is 295 g/mol. The van der Waals surface area contributed by atoms with Gasteiger partial charge in [0.1, 0.15) is 0 Å². The van der Waals surface area contributed by atoms with Gasteiger partial charge in [-0.05, 0) is 38.6 Å². The van der Waals surface area contributed by atoms with Crippen LogP contribution in [0, 0.1) is 11.8 Å². The van der Waals surface area contributed by atoms with Crippen molar-refractivity contribution in [2.24, 2.45) is 11.8 Å². The van der Waals surface area contributed by atoms with Crippen LogP contribution in [0.4, 0.5) is 0 Å². The van der Waals surface area contributed by atoms with Gasteiger partial charge in [-0.25, -0.2) is 0 Å². The van der Waals surface area contributed by atoms with E-state index in [1.807, 2.05) is 0 Å². The van der Waals surface area contributed by atoms with E-state index in [1.165, 1.54) is 12.8 Å². The number of likely N-dealkylation sites (N-methyl/N-ethyl adjacent to an activating group) is 1. The van der Waals surface area contributed by atoms with Gasteiger partial charge in [-0.3, -0.25) is 15.0 Å². The molecule has 122 valence electrons. The maximum Gasteiger partial charge on any atom is 0.241 e. The fourth-order valence-electron chi connectivity index (χ4n) is 3.32. The van der Waals surface area contributed by atoms with Crippen molar-refractivity contribution in [3.05, 3.63) is 0 Å². The summed E-state index contributed by atoms with van der Waals surface area (Å²) in [7, 11) is 2.20. The van der Waals surface area contributed by atoms with Crippen LogP contribution in [0.25, 0.3) is 0 Å². The van der Waals surface area contributed by atoms with Crippen molar-refractivity contribution in [1.82, 2.24) is 15.1 Å². The van der Waals surface area contributed by atoms with E-state index >= 15 is 0 Å². The first-order valence-corrected chi connectivity index (χ1v) is 8.65. The lowest BCUT2D eigenvalue weighted by Gasteiger charge is -2.33.